The minimum absolute atomic E-state index is 0.0742. The number of amides is 1. The molecular weight excluding hydrogens is 407 g/mol. The molecule has 3 heterocycles. The summed E-state index contributed by atoms with van der Waals surface area (Å²) in [5, 5.41) is 4.12. The fraction of sp³-hybridized carbons (Fsp3) is 0.500. The van der Waals surface area contributed by atoms with E-state index >= 15 is 0 Å². The van der Waals surface area contributed by atoms with Gasteiger partial charge in [-0.1, -0.05) is 18.5 Å². The highest BCUT2D eigenvalue weighted by Crippen LogP contribution is 2.29. The quantitative estimate of drug-likeness (QED) is 0.701. The molecule has 1 aliphatic rings. The van der Waals surface area contributed by atoms with Crippen molar-refractivity contribution in [3.05, 3.63) is 46.0 Å². The fourth-order valence-corrected chi connectivity index (χ4v) is 3.95. The van der Waals surface area contributed by atoms with Gasteiger partial charge in [-0.3, -0.25) is 4.79 Å². The predicted octanol–water partition coefficient (Wildman–Crippen LogP) is 4.36. The van der Waals surface area contributed by atoms with E-state index in [1.54, 1.807) is 6.92 Å². The standard InChI is InChI=1S/C22H28ClFN4O2/c1-5-8-28(22(29)13(2)17-10-20(30-4)25-11-19(17)24)12-16-7-6-15-9-18(23)14(3)26-21(15)27-16/h9-11,13,16H,5-8,12H2,1-4H3,(H,26,27)/t13-,16-/m1/s1. The number of carbonyl (C=O) groups excluding carboxylic acids is 1. The third-order valence-electron chi connectivity index (χ3n) is 5.49. The average Bonchev–Trinajstić information content (AvgIpc) is 2.74. The molecule has 0 aromatic carbocycles. The van der Waals surface area contributed by atoms with Crippen LogP contribution in [0.2, 0.25) is 5.02 Å². The highest BCUT2D eigenvalue weighted by molar-refractivity contribution is 6.31. The van der Waals surface area contributed by atoms with Crippen LogP contribution in [0.3, 0.4) is 0 Å². The molecule has 6 nitrogen and oxygen atoms in total. The molecule has 0 unspecified atom stereocenters. The minimum atomic E-state index is -0.636. The van der Waals surface area contributed by atoms with E-state index in [2.05, 4.69) is 15.3 Å². The number of halogens is 2. The number of methoxy groups -OCH3 is 1. The van der Waals surface area contributed by atoms with Crippen molar-refractivity contribution in [2.24, 2.45) is 0 Å². The molecule has 3 rings (SSSR count). The maximum absolute atomic E-state index is 14.3. The summed E-state index contributed by atoms with van der Waals surface area (Å²) < 4.78 is 19.4. The molecule has 1 aliphatic heterocycles. The Bertz CT molecular complexity index is 924. The summed E-state index contributed by atoms with van der Waals surface area (Å²) >= 11 is 6.19. The molecule has 0 aliphatic carbocycles. The van der Waals surface area contributed by atoms with Crippen LogP contribution < -0.4 is 10.1 Å². The monoisotopic (exact) mass is 434 g/mol. The zero-order valence-electron chi connectivity index (χ0n) is 17.8. The van der Waals surface area contributed by atoms with Gasteiger partial charge in [0.1, 0.15) is 11.6 Å². The summed E-state index contributed by atoms with van der Waals surface area (Å²) in [6, 6.07) is 3.53. The van der Waals surface area contributed by atoms with Crippen molar-refractivity contribution in [2.75, 3.05) is 25.5 Å². The molecule has 30 heavy (non-hydrogen) atoms. The highest BCUT2D eigenvalue weighted by atomic mass is 35.5. The second-order valence-electron chi connectivity index (χ2n) is 7.70. The van der Waals surface area contributed by atoms with Gasteiger partial charge in [0.2, 0.25) is 11.8 Å². The third-order valence-corrected chi connectivity index (χ3v) is 5.87. The Balaban J connectivity index is 1.75. The zero-order chi connectivity index (χ0) is 21.8. The van der Waals surface area contributed by atoms with Gasteiger partial charge in [-0.2, -0.15) is 0 Å². The van der Waals surface area contributed by atoms with Crippen LogP contribution in [0.15, 0.2) is 18.3 Å². The van der Waals surface area contributed by atoms with Crippen LogP contribution in [-0.4, -0.2) is 47.0 Å². The molecule has 162 valence electrons. The van der Waals surface area contributed by atoms with Gasteiger partial charge in [0.15, 0.2) is 0 Å². The van der Waals surface area contributed by atoms with Gasteiger partial charge in [-0.05, 0) is 44.7 Å². The Morgan fingerprint density at radius 1 is 1.47 bits per heavy atom. The highest BCUT2D eigenvalue weighted by Gasteiger charge is 2.28. The Kier molecular flexibility index (Phi) is 7.13. The van der Waals surface area contributed by atoms with Crippen LogP contribution in [0.25, 0.3) is 0 Å². The molecule has 0 fully saturated rings. The number of nitrogens with zero attached hydrogens (tertiary/aromatic N) is 3. The van der Waals surface area contributed by atoms with E-state index in [0.29, 0.717) is 29.6 Å². The molecule has 0 spiro atoms. The van der Waals surface area contributed by atoms with Crippen LogP contribution in [0, 0.1) is 12.7 Å². The molecule has 1 N–H and O–H groups in total. The summed E-state index contributed by atoms with van der Waals surface area (Å²) in [6.07, 6.45) is 3.63. The lowest BCUT2D eigenvalue weighted by Gasteiger charge is -2.33. The first kappa shape index (κ1) is 22.3. The topological polar surface area (TPSA) is 67.4 Å². The third kappa shape index (κ3) is 4.83. The SMILES string of the molecule is CCCN(C[C@H]1CCc2cc(Cl)c(C)nc2N1)C(=O)[C@H](C)c1cc(OC)ncc1F. The molecule has 0 radical (unpaired) electrons. The minimum Gasteiger partial charge on any atom is -0.481 e. The fourth-order valence-electron chi connectivity index (χ4n) is 3.78. The number of aryl methyl sites for hydroxylation is 2. The first-order valence-corrected chi connectivity index (χ1v) is 10.6. The number of nitrogens with one attached hydrogen (secondary N) is 1. The lowest BCUT2D eigenvalue weighted by atomic mass is 9.97. The van der Waals surface area contributed by atoms with Gasteiger partial charge in [-0.15, -0.1) is 0 Å². The van der Waals surface area contributed by atoms with Crippen molar-refractivity contribution in [1.29, 1.82) is 0 Å². The molecule has 2 aromatic rings. The maximum Gasteiger partial charge on any atom is 0.230 e. The van der Waals surface area contributed by atoms with Crippen LogP contribution >= 0.6 is 11.6 Å². The number of pyridine rings is 2. The Morgan fingerprint density at radius 3 is 2.93 bits per heavy atom. The molecule has 8 heteroatoms. The number of aromatic nitrogens is 2. The molecule has 2 aromatic heterocycles. The normalized spacial score (nSPS) is 16.4. The lowest BCUT2D eigenvalue weighted by Crippen LogP contribution is -2.44. The second-order valence-corrected chi connectivity index (χ2v) is 8.10. The van der Waals surface area contributed by atoms with E-state index in [9.17, 15) is 9.18 Å². The largest absolute Gasteiger partial charge is 0.481 e. The van der Waals surface area contributed by atoms with E-state index in [0.717, 1.165) is 42.5 Å². The molecule has 0 saturated heterocycles. The van der Waals surface area contributed by atoms with Gasteiger partial charge < -0.3 is 15.0 Å². The number of hydrogen-bond acceptors (Lipinski definition) is 5. The summed E-state index contributed by atoms with van der Waals surface area (Å²) in [5.41, 5.74) is 2.16. The molecular formula is C22H28ClFN4O2. The average molecular weight is 435 g/mol. The summed E-state index contributed by atoms with van der Waals surface area (Å²) in [4.78, 5) is 23.5. The molecule has 2 atom stereocenters. The summed E-state index contributed by atoms with van der Waals surface area (Å²) in [7, 11) is 1.47. The van der Waals surface area contributed by atoms with E-state index < -0.39 is 11.7 Å². The summed E-state index contributed by atoms with van der Waals surface area (Å²) in [5.74, 6) is -0.136. The van der Waals surface area contributed by atoms with Crippen LogP contribution in [0.1, 0.15) is 49.4 Å². The van der Waals surface area contributed by atoms with Gasteiger partial charge >= 0.3 is 0 Å². The van der Waals surface area contributed by atoms with Crippen LogP contribution in [0.5, 0.6) is 5.88 Å². The van der Waals surface area contributed by atoms with Crippen molar-refractivity contribution in [1.82, 2.24) is 14.9 Å². The second kappa shape index (κ2) is 9.60. The Hall–Kier alpha value is -2.41. The van der Waals surface area contributed by atoms with Crippen LogP contribution in [-0.2, 0) is 11.2 Å². The maximum atomic E-state index is 14.3. The number of anilines is 1. The lowest BCUT2D eigenvalue weighted by molar-refractivity contribution is -0.132. The van der Waals surface area contributed by atoms with E-state index in [-0.39, 0.29) is 11.9 Å². The molecule has 0 bridgehead atoms. The first-order chi connectivity index (χ1) is 14.3. The van der Waals surface area contributed by atoms with E-state index in [1.165, 1.54) is 13.2 Å². The smallest absolute Gasteiger partial charge is 0.230 e. The number of carbonyl (C=O) groups is 1. The van der Waals surface area contributed by atoms with Crippen molar-refractivity contribution in [3.8, 4) is 5.88 Å². The zero-order valence-corrected chi connectivity index (χ0v) is 18.6. The van der Waals surface area contributed by atoms with Crippen molar-refractivity contribution in [3.63, 3.8) is 0 Å². The van der Waals surface area contributed by atoms with Gasteiger partial charge in [0.25, 0.3) is 0 Å². The number of fused-ring (bicyclic) bond motifs is 1. The molecule has 0 saturated carbocycles. The van der Waals surface area contributed by atoms with Crippen molar-refractivity contribution >= 4 is 23.3 Å². The summed E-state index contributed by atoms with van der Waals surface area (Å²) in [6.45, 7) is 6.76. The van der Waals surface area contributed by atoms with E-state index in [1.807, 2.05) is 24.8 Å². The van der Waals surface area contributed by atoms with Gasteiger partial charge in [0, 0.05) is 30.8 Å². The van der Waals surface area contributed by atoms with E-state index in [4.69, 9.17) is 16.3 Å². The Labute approximate surface area is 181 Å². The first-order valence-electron chi connectivity index (χ1n) is 10.2. The number of rotatable bonds is 7. The van der Waals surface area contributed by atoms with Gasteiger partial charge in [-0.25, -0.2) is 14.4 Å². The predicted molar refractivity (Wildman–Crippen MR) is 116 cm³/mol. The van der Waals surface area contributed by atoms with Crippen molar-refractivity contribution in [2.45, 2.75) is 52.0 Å². The molecule has 1 amide bonds. The number of hydrogen-bond donors (Lipinski definition) is 1. The van der Waals surface area contributed by atoms with Crippen molar-refractivity contribution < 1.29 is 13.9 Å². The van der Waals surface area contributed by atoms with Gasteiger partial charge in [0.05, 0.1) is 29.9 Å². The Morgan fingerprint density at radius 2 is 2.23 bits per heavy atom. The van der Waals surface area contributed by atoms with Crippen LogP contribution in [0.4, 0.5) is 10.2 Å². The number of ether oxygens (including phenoxy) is 1.